The molecule has 0 fully saturated rings. The molecule has 1 aliphatic heterocycles. The van der Waals surface area contributed by atoms with Gasteiger partial charge in [-0.2, -0.15) is 0 Å². The number of ether oxygens (including phenoxy) is 1. The van der Waals surface area contributed by atoms with Crippen molar-refractivity contribution in [3.63, 3.8) is 0 Å². The quantitative estimate of drug-likeness (QED) is 0.514. The van der Waals surface area contributed by atoms with Crippen LogP contribution in [0.25, 0.3) is 0 Å². The van der Waals surface area contributed by atoms with Gasteiger partial charge in [-0.3, -0.25) is 0 Å². The van der Waals surface area contributed by atoms with E-state index in [1.165, 1.54) is 0 Å². The van der Waals surface area contributed by atoms with Gasteiger partial charge in [-0.25, -0.2) is 8.42 Å². The number of para-hydroxylation sites is 1. The first kappa shape index (κ1) is 15.2. The zero-order valence-corrected chi connectivity index (χ0v) is 14.1. The van der Waals surface area contributed by atoms with Crippen LogP contribution in [0, 0.1) is 0 Å². The summed E-state index contributed by atoms with van der Waals surface area (Å²) in [6, 6.07) is 19.4. The molecule has 5 heteroatoms. The van der Waals surface area contributed by atoms with Gasteiger partial charge < -0.3 is 4.74 Å². The van der Waals surface area contributed by atoms with Crippen molar-refractivity contribution in [1.29, 1.82) is 0 Å². The third-order valence-corrected chi connectivity index (χ3v) is 6.12. The van der Waals surface area contributed by atoms with Crippen molar-refractivity contribution >= 4 is 21.4 Å². The molecule has 0 spiro atoms. The predicted octanol–water partition coefficient (Wildman–Crippen LogP) is 4.87. The van der Waals surface area contributed by atoms with Gasteiger partial charge in [-0.1, -0.05) is 48.0 Å². The van der Waals surface area contributed by atoms with Crippen LogP contribution in [0.2, 0.25) is 5.02 Å². The molecule has 0 N–H and O–H groups in total. The van der Waals surface area contributed by atoms with Gasteiger partial charge in [-0.15, -0.1) is 0 Å². The fourth-order valence-corrected chi connectivity index (χ4v) is 4.86. The molecule has 0 aromatic heterocycles. The number of hydrogen-bond donors (Lipinski definition) is 0. The minimum atomic E-state index is -3.62. The van der Waals surface area contributed by atoms with Gasteiger partial charge in [0.15, 0.2) is 0 Å². The lowest BCUT2D eigenvalue weighted by molar-refractivity contribution is 0.441. The van der Waals surface area contributed by atoms with Crippen LogP contribution in [0.15, 0.2) is 76.5 Å². The first-order chi connectivity index (χ1) is 11.6. The predicted molar refractivity (Wildman–Crippen MR) is 92.7 cm³/mol. The number of hydrogen-bond acceptors (Lipinski definition) is 3. The molecular weight excluding hydrogens is 344 g/mol. The highest BCUT2D eigenvalue weighted by Crippen LogP contribution is 2.44. The summed E-state index contributed by atoms with van der Waals surface area (Å²) in [7, 11) is -3.62. The summed E-state index contributed by atoms with van der Waals surface area (Å²) < 4.78 is 31.9. The number of fused-ring (bicyclic) bond motifs is 2. The van der Waals surface area contributed by atoms with E-state index in [1.807, 2.05) is 30.3 Å². The van der Waals surface area contributed by atoms with Crippen molar-refractivity contribution in [1.82, 2.24) is 0 Å². The second-order valence-corrected chi connectivity index (χ2v) is 7.89. The van der Waals surface area contributed by atoms with Crippen molar-refractivity contribution in [3.8, 4) is 11.5 Å². The van der Waals surface area contributed by atoms with Crippen molar-refractivity contribution in [3.05, 3.63) is 82.9 Å². The van der Waals surface area contributed by atoms with Crippen molar-refractivity contribution in [2.45, 2.75) is 16.2 Å². The molecule has 1 heterocycles. The fraction of sp³-hybridized carbons (Fsp3) is 0.0526. The lowest BCUT2D eigenvalue weighted by Gasteiger charge is -2.22. The maximum atomic E-state index is 13.1. The average Bonchev–Trinajstić information content (AvgIpc) is 2.55. The van der Waals surface area contributed by atoms with E-state index in [1.54, 1.807) is 36.4 Å². The van der Waals surface area contributed by atoms with Crippen LogP contribution >= 0.6 is 11.6 Å². The third kappa shape index (κ3) is 2.48. The molecule has 0 radical (unpaired) electrons. The van der Waals surface area contributed by atoms with E-state index in [0.717, 1.165) is 5.56 Å². The molecule has 0 unspecified atom stereocenters. The molecule has 3 aromatic rings. The first-order valence-corrected chi connectivity index (χ1v) is 9.30. The SMILES string of the molecule is O=S1(=O)c2ccccc2Oc2cccc(Cc3cccc(Cl)c3)c21. The second kappa shape index (κ2) is 5.65. The maximum absolute atomic E-state index is 13.1. The maximum Gasteiger partial charge on any atom is 0.214 e. The van der Waals surface area contributed by atoms with Crippen LogP contribution in [0.5, 0.6) is 11.5 Å². The molecule has 0 amide bonds. The standard InChI is InChI=1S/C19H13ClO3S/c20-15-7-3-5-13(12-15)11-14-6-4-9-17-19(14)24(21,22)18-10-2-1-8-16(18)23-17/h1-10,12H,11H2. The van der Waals surface area contributed by atoms with E-state index in [0.29, 0.717) is 28.5 Å². The average molecular weight is 357 g/mol. The molecule has 0 saturated carbocycles. The highest BCUT2D eigenvalue weighted by Gasteiger charge is 2.33. The Hall–Kier alpha value is -2.30. The number of rotatable bonds is 2. The molecule has 0 bridgehead atoms. The Bertz CT molecular complexity index is 1040. The topological polar surface area (TPSA) is 43.4 Å². The molecular formula is C19H13ClO3S. The molecule has 0 saturated heterocycles. The van der Waals surface area contributed by atoms with Gasteiger partial charge in [0.05, 0.1) is 0 Å². The largest absolute Gasteiger partial charge is 0.455 e. The Labute approximate surface area is 145 Å². The molecule has 0 atom stereocenters. The summed E-state index contributed by atoms with van der Waals surface area (Å²) in [5.74, 6) is 0.734. The van der Waals surface area contributed by atoms with E-state index >= 15 is 0 Å². The molecule has 24 heavy (non-hydrogen) atoms. The lowest BCUT2D eigenvalue weighted by Crippen LogP contribution is -2.13. The molecule has 1 aliphatic rings. The molecule has 3 aromatic carbocycles. The summed E-state index contributed by atoms with van der Waals surface area (Å²) in [6.45, 7) is 0. The Morgan fingerprint density at radius 3 is 2.46 bits per heavy atom. The van der Waals surface area contributed by atoms with Gasteiger partial charge in [-0.05, 0) is 47.9 Å². The summed E-state index contributed by atoms with van der Waals surface area (Å²) in [5, 5.41) is 0.627. The Balaban J connectivity index is 1.87. The number of halogens is 1. The zero-order valence-electron chi connectivity index (χ0n) is 12.6. The third-order valence-electron chi connectivity index (χ3n) is 3.97. The van der Waals surface area contributed by atoms with E-state index in [9.17, 15) is 8.42 Å². The van der Waals surface area contributed by atoms with Gasteiger partial charge in [0.1, 0.15) is 21.3 Å². The van der Waals surface area contributed by atoms with Crippen molar-refractivity contribution in [2.75, 3.05) is 0 Å². The summed E-state index contributed by atoms with van der Waals surface area (Å²) in [4.78, 5) is 0.444. The van der Waals surface area contributed by atoms with E-state index in [4.69, 9.17) is 16.3 Å². The van der Waals surface area contributed by atoms with Gasteiger partial charge in [0, 0.05) is 5.02 Å². The van der Waals surface area contributed by atoms with E-state index in [-0.39, 0.29) is 9.79 Å². The molecule has 3 nitrogen and oxygen atoms in total. The Kier molecular flexibility index (Phi) is 3.59. The van der Waals surface area contributed by atoms with Gasteiger partial charge in [0.25, 0.3) is 0 Å². The normalized spacial score (nSPS) is 14.4. The molecule has 4 rings (SSSR count). The Morgan fingerprint density at radius 1 is 0.875 bits per heavy atom. The van der Waals surface area contributed by atoms with Crippen LogP contribution in [0.4, 0.5) is 0 Å². The number of sulfone groups is 1. The zero-order chi connectivity index (χ0) is 16.7. The van der Waals surface area contributed by atoms with Crippen LogP contribution < -0.4 is 4.74 Å². The van der Waals surface area contributed by atoms with E-state index < -0.39 is 9.84 Å². The van der Waals surface area contributed by atoms with E-state index in [2.05, 4.69) is 0 Å². The molecule has 120 valence electrons. The summed E-state index contributed by atoms with van der Waals surface area (Å²) in [5.41, 5.74) is 1.65. The highest BCUT2D eigenvalue weighted by atomic mass is 35.5. The smallest absolute Gasteiger partial charge is 0.214 e. The minimum absolute atomic E-state index is 0.205. The first-order valence-electron chi connectivity index (χ1n) is 7.44. The summed E-state index contributed by atoms with van der Waals surface area (Å²) >= 11 is 6.03. The number of benzene rings is 3. The van der Waals surface area contributed by atoms with Crippen molar-refractivity contribution < 1.29 is 13.2 Å². The van der Waals surface area contributed by atoms with Crippen LogP contribution in [-0.4, -0.2) is 8.42 Å². The monoisotopic (exact) mass is 356 g/mol. The van der Waals surface area contributed by atoms with Crippen molar-refractivity contribution in [2.24, 2.45) is 0 Å². The lowest BCUT2D eigenvalue weighted by atomic mass is 10.0. The summed E-state index contributed by atoms with van der Waals surface area (Å²) in [6.07, 6.45) is 0.467. The van der Waals surface area contributed by atoms with Crippen LogP contribution in [0.1, 0.15) is 11.1 Å². The van der Waals surface area contributed by atoms with Gasteiger partial charge in [0.2, 0.25) is 9.84 Å². The van der Waals surface area contributed by atoms with Gasteiger partial charge >= 0.3 is 0 Å². The highest BCUT2D eigenvalue weighted by molar-refractivity contribution is 7.91. The van der Waals surface area contributed by atoms with Crippen LogP contribution in [0.3, 0.4) is 0 Å². The fourth-order valence-electron chi connectivity index (χ4n) is 2.94. The van der Waals surface area contributed by atoms with Crippen LogP contribution in [-0.2, 0) is 16.3 Å². The second-order valence-electron chi connectivity index (χ2n) is 5.60. The molecule has 0 aliphatic carbocycles. The Morgan fingerprint density at radius 2 is 1.62 bits per heavy atom. The minimum Gasteiger partial charge on any atom is -0.455 e.